The van der Waals surface area contributed by atoms with E-state index >= 15 is 0 Å². The molecule has 0 aromatic heterocycles. The third kappa shape index (κ3) is 1.50. The number of benzene rings is 1. The lowest BCUT2D eigenvalue weighted by atomic mass is 10.3. The molecular weight excluding hydrogens is 178 g/mol. The van der Waals surface area contributed by atoms with Gasteiger partial charge in [0.1, 0.15) is 10.6 Å². The zero-order valence-corrected chi connectivity index (χ0v) is 7.30. The summed E-state index contributed by atoms with van der Waals surface area (Å²) in [6.45, 7) is 0. The maximum atomic E-state index is 11.0. The summed E-state index contributed by atoms with van der Waals surface area (Å²) in [6, 6.07) is 4.20. The molecule has 0 amide bonds. The van der Waals surface area contributed by atoms with Gasteiger partial charge in [-0.1, -0.05) is 6.07 Å². The number of aromatic hydroxyl groups is 1. The first-order valence-corrected chi connectivity index (χ1v) is 5.09. The highest BCUT2D eigenvalue weighted by atomic mass is 32.2. The van der Waals surface area contributed by atoms with E-state index in [1.165, 1.54) is 18.2 Å². The molecule has 0 spiro atoms. The average Bonchev–Trinajstić information content (AvgIpc) is 1.82. The number of sulfone groups is 1. The molecule has 1 rings (SSSR count). The fourth-order valence-electron chi connectivity index (χ4n) is 0.946. The summed E-state index contributed by atoms with van der Waals surface area (Å²) in [7, 11) is -3.44. The van der Waals surface area contributed by atoms with E-state index in [9.17, 15) is 8.42 Å². The van der Waals surface area contributed by atoms with Gasteiger partial charge in [0, 0.05) is 6.26 Å². The molecule has 4 nitrogen and oxygen atoms in total. The zero-order valence-electron chi connectivity index (χ0n) is 6.48. The van der Waals surface area contributed by atoms with Crippen LogP contribution in [0.3, 0.4) is 0 Å². The van der Waals surface area contributed by atoms with Crippen molar-refractivity contribution in [3.63, 3.8) is 0 Å². The highest BCUT2D eigenvalue weighted by Crippen LogP contribution is 2.27. The van der Waals surface area contributed by atoms with Gasteiger partial charge in [0.2, 0.25) is 0 Å². The first-order chi connectivity index (χ1) is 5.43. The van der Waals surface area contributed by atoms with E-state index in [2.05, 4.69) is 0 Å². The third-order valence-electron chi connectivity index (χ3n) is 1.40. The van der Waals surface area contributed by atoms with Crippen LogP contribution in [0.1, 0.15) is 0 Å². The molecule has 0 aliphatic rings. The van der Waals surface area contributed by atoms with Crippen LogP contribution in [0.15, 0.2) is 23.1 Å². The molecule has 0 saturated heterocycles. The van der Waals surface area contributed by atoms with Crippen LogP contribution in [0.2, 0.25) is 0 Å². The maximum Gasteiger partial charge on any atom is 0.181 e. The van der Waals surface area contributed by atoms with Gasteiger partial charge in [0.05, 0.1) is 5.69 Å². The molecule has 1 aromatic carbocycles. The van der Waals surface area contributed by atoms with Crippen molar-refractivity contribution in [1.29, 1.82) is 0 Å². The monoisotopic (exact) mass is 187 g/mol. The minimum absolute atomic E-state index is 0.0671. The summed E-state index contributed by atoms with van der Waals surface area (Å²) in [5.41, 5.74) is 5.44. The highest BCUT2D eigenvalue weighted by molar-refractivity contribution is 7.91. The molecule has 0 fully saturated rings. The van der Waals surface area contributed by atoms with Crippen LogP contribution in [-0.2, 0) is 9.84 Å². The number of phenols is 1. The van der Waals surface area contributed by atoms with Crippen LogP contribution < -0.4 is 5.73 Å². The van der Waals surface area contributed by atoms with Crippen molar-refractivity contribution in [2.24, 2.45) is 0 Å². The van der Waals surface area contributed by atoms with Gasteiger partial charge in [0.25, 0.3) is 0 Å². The van der Waals surface area contributed by atoms with Crippen molar-refractivity contribution in [3.05, 3.63) is 18.2 Å². The van der Waals surface area contributed by atoms with Crippen LogP contribution in [0.25, 0.3) is 0 Å². The number of phenolic OH excluding ortho intramolecular Hbond substituents is 1. The standard InChI is InChI=1S/C7H9NO3S/c1-12(10,11)7-5(8)3-2-4-6(7)9/h2-4,9H,8H2,1H3. The topological polar surface area (TPSA) is 80.4 Å². The average molecular weight is 187 g/mol. The molecule has 66 valence electrons. The molecule has 0 aliphatic heterocycles. The van der Waals surface area contributed by atoms with Crippen molar-refractivity contribution in [1.82, 2.24) is 0 Å². The summed E-state index contributed by atoms with van der Waals surface area (Å²) < 4.78 is 22.1. The largest absolute Gasteiger partial charge is 0.507 e. The first-order valence-electron chi connectivity index (χ1n) is 3.20. The molecule has 0 bridgehead atoms. The smallest absolute Gasteiger partial charge is 0.181 e. The van der Waals surface area contributed by atoms with E-state index in [1.807, 2.05) is 0 Å². The number of rotatable bonds is 1. The van der Waals surface area contributed by atoms with Gasteiger partial charge in [0.15, 0.2) is 9.84 Å². The van der Waals surface area contributed by atoms with Crippen molar-refractivity contribution in [2.75, 3.05) is 12.0 Å². The lowest BCUT2D eigenvalue weighted by molar-refractivity contribution is 0.460. The molecule has 5 heteroatoms. The van der Waals surface area contributed by atoms with Gasteiger partial charge in [-0.25, -0.2) is 8.42 Å². The quantitative estimate of drug-likeness (QED) is 0.623. The molecule has 0 aliphatic carbocycles. The van der Waals surface area contributed by atoms with Gasteiger partial charge in [-0.3, -0.25) is 0 Å². The van der Waals surface area contributed by atoms with E-state index in [1.54, 1.807) is 0 Å². The highest BCUT2D eigenvalue weighted by Gasteiger charge is 2.15. The van der Waals surface area contributed by atoms with E-state index in [4.69, 9.17) is 10.8 Å². The molecule has 1 aromatic rings. The number of nitrogens with two attached hydrogens (primary N) is 1. The maximum absolute atomic E-state index is 11.0. The summed E-state index contributed by atoms with van der Waals surface area (Å²) in [5, 5.41) is 9.17. The van der Waals surface area contributed by atoms with Gasteiger partial charge >= 0.3 is 0 Å². The van der Waals surface area contributed by atoms with Crippen molar-refractivity contribution >= 4 is 15.5 Å². The number of hydrogen-bond acceptors (Lipinski definition) is 4. The lowest BCUT2D eigenvalue weighted by Crippen LogP contribution is -2.02. The fourth-order valence-corrected chi connectivity index (χ4v) is 1.89. The Morgan fingerprint density at radius 3 is 2.33 bits per heavy atom. The molecule has 3 N–H and O–H groups in total. The molecule has 0 unspecified atom stereocenters. The van der Waals surface area contributed by atoms with Crippen LogP contribution >= 0.6 is 0 Å². The third-order valence-corrected chi connectivity index (χ3v) is 2.58. The van der Waals surface area contributed by atoms with E-state index in [-0.39, 0.29) is 16.3 Å². The zero-order chi connectivity index (χ0) is 9.35. The van der Waals surface area contributed by atoms with E-state index in [0.29, 0.717) is 0 Å². The normalized spacial score (nSPS) is 11.4. The molecule has 0 heterocycles. The van der Waals surface area contributed by atoms with Crippen LogP contribution in [0.5, 0.6) is 5.75 Å². The molecule has 0 radical (unpaired) electrons. The Hall–Kier alpha value is -1.23. The molecular formula is C7H9NO3S. The number of hydrogen-bond donors (Lipinski definition) is 2. The summed E-state index contributed by atoms with van der Waals surface area (Å²) >= 11 is 0. The first kappa shape index (κ1) is 8.86. The Morgan fingerprint density at radius 2 is 2.00 bits per heavy atom. The van der Waals surface area contributed by atoms with Gasteiger partial charge in [-0.15, -0.1) is 0 Å². The lowest BCUT2D eigenvalue weighted by Gasteiger charge is -2.04. The Kier molecular flexibility index (Phi) is 1.97. The second kappa shape index (κ2) is 2.67. The predicted molar refractivity (Wildman–Crippen MR) is 45.6 cm³/mol. The van der Waals surface area contributed by atoms with Gasteiger partial charge < -0.3 is 10.8 Å². The second-order valence-corrected chi connectivity index (χ2v) is 4.42. The molecule has 12 heavy (non-hydrogen) atoms. The van der Waals surface area contributed by atoms with Crippen LogP contribution in [0, 0.1) is 0 Å². The molecule has 0 atom stereocenters. The van der Waals surface area contributed by atoms with Gasteiger partial charge in [-0.05, 0) is 12.1 Å². The van der Waals surface area contributed by atoms with Crippen molar-refractivity contribution < 1.29 is 13.5 Å². The summed E-state index contributed by atoms with van der Waals surface area (Å²) in [6.07, 6.45) is 0.998. The van der Waals surface area contributed by atoms with E-state index < -0.39 is 9.84 Å². The minimum atomic E-state index is -3.44. The minimum Gasteiger partial charge on any atom is -0.507 e. The Labute approximate surface area is 70.6 Å². The molecule has 0 saturated carbocycles. The number of nitrogen functional groups attached to an aromatic ring is 1. The Balaban J connectivity index is 3.53. The Bertz CT molecular complexity index is 377. The van der Waals surface area contributed by atoms with Crippen LogP contribution in [0.4, 0.5) is 5.69 Å². The van der Waals surface area contributed by atoms with Gasteiger partial charge in [-0.2, -0.15) is 0 Å². The SMILES string of the molecule is CS(=O)(=O)c1c(N)cccc1O. The Morgan fingerprint density at radius 1 is 1.42 bits per heavy atom. The van der Waals surface area contributed by atoms with Crippen molar-refractivity contribution in [3.8, 4) is 5.75 Å². The fraction of sp³-hybridized carbons (Fsp3) is 0.143. The van der Waals surface area contributed by atoms with Crippen LogP contribution in [-0.4, -0.2) is 19.8 Å². The predicted octanol–water partition coefficient (Wildman–Crippen LogP) is 0.378. The number of anilines is 1. The summed E-state index contributed by atoms with van der Waals surface area (Å²) in [4.78, 5) is -0.204. The van der Waals surface area contributed by atoms with Crippen molar-refractivity contribution in [2.45, 2.75) is 4.90 Å². The summed E-state index contributed by atoms with van der Waals surface area (Å²) in [5.74, 6) is -0.308. The van der Waals surface area contributed by atoms with E-state index in [0.717, 1.165) is 6.26 Å². The second-order valence-electron chi connectivity index (χ2n) is 2.47.